The Balaban J connectivity index is 1.60. The van der Waals surface area contributed by atoms with Crippen LogP contribution in [0.3, 0.4) is 0 Å². The van der Waals surface area contributed by atoms with E-state index in [2.05, 4.69) is 10.4 Å². The Morgan fingerprint density at radius 2 is 1.91 bits per heavy atom. The first-order chi connectivity index (χ1) is 15.7. The van der Waals surface area contributed by atoms with Crippen LogP contribution in [0.1, 0.15) is 51.2 Å². The maximum absolute atomic E-state index is 12.8. The van der Waals surface area contributed by atoms with E-state index in [0.29, 0.717) is 24.3 Å². The van der Waals surface area contributed by atoms with Crippen LogP contribution < -0.4 is 5.32 Å². The molecule has 0 saturated carbocycles. The Bertz CT molecular complexity index is 1060. The summed E-state index contributed by atoms with van der Waals surface area (Å²) in [6.07, 6.45) is 3.17. The number of ether oxygens (including phenoxy) is 1. The maximum atomic E-state index is 12.8. The number of aromatic nitrogens is 2. The van der Waals surface area contributed by atoms with Gasteiger partial charge in [0.05, 0.1) is 30.1 Å². The molecule has 1 aliphatic heterocycles. The molecule has 0 aliphatic carbocycles. The van der Waals surface area contributed by atoms with E-state index in [0.717, 1.165) is 18.4 Å². The second-order valence-electron chi connectivity index (χ2n) is 8.21. The lowest BCUT2D eigenvalue weighted by Gasteiger charge is -2.33. The molecule has 0 bridgehead atoms. The summed E-state index contributed by atoms with van der Waals surface area (Å²) < 4.78 is 18.4. The van der Waals surface area contributed by atoms with Gasteiger partial charge in [0, 0.05) is 37.4 Å². The number of aryl methyl sites for hydroxylation is 3. The maximum Gasteiger partial charge on any atom is 0.342 e. The summed E-state index contributed by atoms with van der Waals surface area (Å²) in [4.78, 5) is 39.2. The van der Waals surface area contributed by atoms with Crippen molar-refractivity contribution in [3.63, 3.8) is 0 Å². The van der Waals surface area contributed by atoms with Crippen LogP contribution in [0.25, 0.3) is 0 Å². The summed E-state index contributed by atoms with van der Waals surface area (Å²) in [7, 11) is -0.225. The third-order valence-electron chi connectivity index (χ3n) is 5.67. The van der Waals surface area contributed by atoms with Crippen LogP contribution in [0.5, 0.6) is 0 Å². The van der Waals surface area contributed by atoms with Crippen molar-refractivity contribution in [3.8, 4) is 0 Å². The molecule has 3 rings (SSSR count). The third kappa shape index (κ3) is 5.87. The van der Waals surface area contributed by atoms with Crippen molar-refractivity contribution in [2.45, 2.75) is 50.7 Å². The van der Waals surface area contributed by atoms with Gasteiger partial charge in [-0.15, -0.1) is 0 Å². The van der Waals surface area contributed by atoms with Crippen LogP contribution >= 0.6 is 0 Å². The van der Waals surface area contributed by atoms with E-state index >= 15 is 0 Å². The van der Waals surface area contributed by atoms with Gasteiger partial charge >= 0.3 is 5.97 Å². The molecule has 2 amide bonds. The number of amides is 2. The fourth-order valence-electron chi connectivity index (χ4n) is 4.01. The molecule has 1 fully saturated rings. The molecular weight excluding hydrogens is 444 g/mol. The number of methoxy groups -OCH3 is 1. The lowest BCUT2D eigenvalue weighted by atomic mass is 10.0. The van der Waals surface area contributed by atoms with Gasteiger partial charge in [0.2, 0.25) is 5.91 Å². The minimum Gasteiger partial charge on any atom is -0.465 e. The third-order valence-corrected chi connectivity index (χ3v) is 6.62. The molecule has 2 aromatic rings. The number of hydrogen-bond acceptors (Lipinski definition) is 6. The van der Waals surface area contributed by atoms with Gasteiger partial charge in [-0.3, -0.25) is 18.5 Å². The number of benzene rings is 1. The van der Waals surface area contributed by atoms with Crippen molar-refractivity contribution in [2.75, 3.05) is 26.5 Å². The summed E-state index contributed by atoms with van der Waals surface area (Å²) in [5.41, 5.74) is 2.32. The first-order valence-electron chi connectivity index (χ1n) is 10.9. The topological polar surface area (TPSA) is 111 Å². The number of carbonyl (C=O) groups is 3. The van der Waals surface area contributed by atoms with Gasteiger partial charge in [-0.1, -0.05) is 17.7 Å². The van der Waals surface area contributed by atoms with Gasteiger partial charge in [-0.2, -0.15) is 5.10 Å². The molecule has 2 atom stereocenters. The fourth-order valence-corrected chi connectivity index (χ4v) is 4.95. The van der Waals surface area contributed by atoms with E-state index in [-0.39, 0.29) is 41.4 Å². The van der Waals surface area contributed by atoms with Crippen molar-refractivity contribution < 1.29 is 23.3 Å². The smallest absolute Gasteiger partial charge is 0.342 e. The summed E-state index contributed by atoms with van der Waals surface area (Å²) in [5, 5.41) is 7.53. The minimum absolute atomic E-state index is 0.0358. The molecule has 1 aromatic heterocycles. The Hall–Kier alpha value is -3.01. The van der Waals surface area contributed by atoms with Crippen LogP contribution in [-0.4, -0.2) is 69.2 Å². The second kappa shape index (κ2) is 10.7. The number of rotatable bonds is 7. The quantitative estimate of drug-likeness (QED) is 0.613. The zero-order chi connectivity index (χ0) is 24.1. The number of nitrogens with one attached hydrogen (secondary N) is 1. The monoisotopic (exact) mass is 474 g/mol. The van der Waals surface area contributed by atoms with Crippen LogP contribution in [0.4, 0.5) is 0 Å². The Morgan fingerprint density at radius 3 is 2.55 bits per heavy atom. The molecule has 0 radical (unpaired) electrons. The Kier molecular flexibility index (Phi) is 8.01. The average Bonchev–Trinajstić information content (AvgIpc) is 3.13. The summed E-state index contributed by atoms with van der Waals surface area (Å²) in [6.45, 7) is 4.91. The highest BCUT2D eigenvalue weighted by Gasteiger charge is 2.27. The molecule has 0 spiro atoms. The van der Waals surface area contributed by atoms with Gasteiger partial charge in [0.25, 0.3) is 5.91 Å². The highest BCUT2D eigenvalue weighted by molar-refractivity contribution is 7.84. The normalized spacial score (nSPS) is 16.8. The molecule has 2 heterocycles. The molecule has 33 heavy (non-hydrogen) atoms. The molecule has 1 saturated heterocycles. The highest BCUT2D eigenvalue weighted by atomic mass is 32.2. The number of nitrogens with zero attached hydrogens (tertiary/aromatic N) is 3. The minimum atomic E-state index is -1.48. The predicted molar refractivity (Wildman–Crippen MR) is 124 cm³/mol. The van der Waals surface area contributed by atoms with Gasteiger partial charge in [0.15, 0.2) is 0 Å². The van der Waals surface area contributed by atoms with E-state index in [1.165, 1.54) is 18.0 Å². The molecular formula is C23H30N4O5S. The zero-order valence-electron chi connectivity index (χ0n) is 19.4. The molecule has 9 nitrogen and oxygen atoms in total. The van der Waals surface area contributed by atoms with Crippen molar-refractivity contribution in [2.24, 2.45) is 0 Å². The van der Waals surface area contributed by atoms with Crippen LogP contribution in [0.2, 0.25) is 0 Å². The van der Waals surface area contributed by atoms with Crippen molar-refractivity contribution >= 4 is 28.6 Å². The van der Waals surface area contributed by atoms with Crippen LogP contribution in [0, 0.1) is 13.8 Å². The predicted octanol–water partition coefficient (Wildman–Crippen LogP) is 1.84. The average molecular weight is 475 g/mol. The molecule has 10 heteroatoms. The first kappa shape index (κ1) is 24.6. The number of esters is 1. The number of carbonyl (C=O) groups excluding carboxylic acids is 3. The van der Waals surface area contributed by atoms with Crippen LogP contribution in [-0.2, 0) is 26.9 Å². The van der Waals surface area contributed by atoms with Crippen molar-refractivity contribution in [1.29, 1.82) is 0 Å². The van der Waals surface area contributed by atoms with Gasteiger partial charge in [0.1, 0.15) is 10.6 Å². The van der Waals surface area contributed by atoms with Gasteiger partial charge < -0.3 is 15.0 Å². The highest BCUT2D eigenvalue weighted by Crippen LogP contribution is 2.19. The molecule has 1 aliphatic rings. The molecule has 1 unspecified atom stereocenters. The van der Waals surface area contributed by atoms with E-state index in [9.17, 15) is 18.6 Å². The van der Waals surface area contributed by atoms with Crippen molar-refractivity contribution in [3.05, 3.63) is 46.6 Å². The van der Waals surface area contributed by atoms with E-state index < -0.39 is 16.8 Å². The van der Waals surface area contributed by atoms with Gasteiger partial charge in [-0.05, 0) is 38.8 Å². The first-order valence-corrected chi connectivity index (χ1v) is 12.4. The van der Waals surface area contributed by atoms with Crippen molar-refractivity contribution in [1.82, 2.24) is 20.0 Å². The van der Waals surface area contributed by atoms with E-state index in [4.69, 9.17) is 4.74 Å². The molecule has 1 aromatic carbocycles. The fraction of sp³-hybridized carbons (Fsp3) is 0.478. The lowest BCUT2D eigenvalue weighted by Crippen LogP contribution is -2.49. The van der Waals surface area contributed by atoms with E-state index in [1.807, 2.05) is 31.2 Å². The Labute approximate surface area is 195 Å². The lowest BCUT2D eigenvalue weighted by molar-refractivity contribution is -0.122. The number of likely N-dealkylation sites (tertiary alicyclic amines) is 1. The second-order valence-corrected chi connectivity index (χ2v) is 9.50. The molecule has 1 N–H and O–H groups in total. The molecule has 178 valence electrons. The van der Waals surface area contributed by atoms with Crippen LogP contribution in [0.15, 0.2) is 29.3 Å². The standard InChI is InChI=1S/C23H30N4O5S/c1-15-7-9-17(10-8-15)21(29)26-12-5-6-18(14-26)24-19(28)11-13-27-22(33(4)31)20(16(2)25-27)23(30)32-3/h7-10,18H,5-6,11-14H2,1-4H3,(H,24,28)/t18-,33?/m0/s1. The number of piperidine rings is 1. The van der Waals surface area contributed by atoms with E-state index in [1.54, 1.807) is 11.8 Å². The summed E-state index contributed by atoms with van der Waals surface area (Å²) >= 11 is 0. The SMILES string of the molecule is COC(=O)c1c(C)nn(CCC(=O)N[C@H]2CCCN(C(=O)c3ccc(C)cc3)C2)c1S(C)=O. The number of hydrogen-bond donors (Lipinski definition) is 1. The summed E-state index contributed by atoms with van der Waals surface area (Å²) in [6, 6.07) is 7.34. The Morgan fingerprint density at radius 1 is 1.21 bits per heavy atom. The largest absolute Gasteiger partial charge is 0.465 e. The van der Waals surface area contributed by atoms with Gasteiger partial charge in [-0.25, -0.2) is 4.79 Å². The zero-order valence-corrected chi connectivity index (χ0v) is 20.2. The summed E-state index contributed by atoms with van der Waals surface area (Å²) in [5.74, 6) is -0.828.